The van der Waals surface area contributed by atoms with Gasteiger partial charge in [-0.3, -0.25) is 0 Å². The molecular weight excluding hydrogens is 214 g/mol. The topological polar surface area (TPSA) is 12.9 Å². The summed E-state index contributed by atoms with van der Waals surface area (Å²) in [5.74, 6) is 0. The Morgan fingerprint density at radius 1 is 1.25 bits per heavy atom. The Labute approximate surface area is 102 Å². The van der Waals surface area contributed by atoms with E-state index in [0.717, 1.165) is 10.5 Å². The van der Waals surface area contributed by atoms with Crippen molar-refractivity contribution >= 4 is 21.6 Å². The van der Waals surface area contributed by atoms with Gasteiger partial charge in [-0.05, 0) is 42.9 Å². The summed E-state index contributed by atoms with van der Waals surface area (Å²) in [5.41, 5.74) is 2.90. The Morgan fingerprint density at radius 2 is 1.94 bits per heavy atom. The lowest BCUT2D eigenvalue weighted by atomic mass is 9.78. The minimum Gasteiger partial charge on any atom is -0.242 e. The van der Waals surface area contributed by atoms with Crippen LogP contribution < -0.4 is 0 Å². The smallest absolute Gasteiger partial charge is 0.0907 e. The highest BCUT2D eigenvalue weighted by molar-refractivity contribution is 7.18. The van der Waals surface area contributed by atoms with E-state index in [9.17, 15) is 0 Å². The predicted molar refractivity (Wildman–Crippen MR) is 72.3 cm³/mol. The molecule has 1 aromatic heterocycles. The van der Waals surface area contributed by atoms with Crippen LogP contribution in [0.1, 0.15) is 44.2 Å². The third kappa shape index (κ3) is 1.86. The fraction of sp³-hybridized carbons (Fsp3) is 0.500. The number of fused-ring (bicyclic) bond motifs is 1. The van der Waals surface area contributed by atoms with Gasteiger partial charge in [-0.15, -0.1) is 11.3 Å². The average molecular weight is 233 g/mol. The molecule has 0 bridgehead atoms. The van der Waals surface area contributed by atoms with E-state index in [1.807, 2.05) is 0 Å². The molecule has 0 unspecified atom stereocenters. The van der Waals surface area contributed by atoms with Gasteiger partial charge in [0.15, 0.2) is 0 Å². The van der Waals surface area contributed by atoms with Crippen LogP contribution in [0.25, 0.3) is 10.2 Å². The van der Waals surface area contributed by atoms with Crippen LogP contribution in [0.5, 0.6) is 0 Å². The Bertz CT molecular complexity index is 494. The second-order valence-corrected chi connectivity index (χ2v) is 5.92. The van der Waals surface area contributed by atoms with Gasteiger partial charge in [0.2, 0.25) is 0 Å². The summed E-state index contributed by atoms with van der Waals surface area (Å²) in [6.45, 7) is 8.96. The molecule has 0 aliphatic heterocycles. The Morgan fingerprint density at radius 3 is 2.56 bits per heavy atom. The van der Waals surface area contributed by atoms with Crippen molar-refractivity contribution in [1.29, 1.82) is 0 Å². The van der Waals surface area contributed by atoms with Gasteiger partial charge in [0.1, 0.15) is 0 Å². The van der Waals surface area contributed by atoms with Crippen molar-refractivity contribution in [2.45, 2.75) is 46.0 Å². The number of rotatable bonds is 3. The van der Waals surface area contributed by atoms with Crippen LogP contribution in [0.15, 0.2) is 18.2 Å². The van der Waals surface area contributed by atoms with Crippen LogP contribution in [-0.4, -0.2) is 4.98 Å². The van der Waals surface area contributed by atoms with Gasteiger partial charge in [0, 0.05) is 0 Å². The molecule has 0 amide bonds. The van der Waals surface area contributed by atoms with Gasteiger partial charge in [-0.1, -0.05) is 26.8 Å². The lowest BCUT2D eigenvalue weighted by Gasteiger charge is -2.27. The molecule has 0 spiro atoms. The minimum absolute atomic E-state index is 0.312. The summed E-state index contributed by atoms with van der Waals surface area (Å²) < 4.78 is 1.32. The molecule has 0 saturated carbocycles. The minimum atomic E-state index is 0.312. The standard InChI is InChI=1S/C14H19NS/c1-5-14(4,6-2)11-7-8-12-13(9-11)16-10(3)15-12/h7-9H,5-6H2,1-4H3. The monoisotopic (exact) mass is 233 g/mol. The quantitative estimate of drug-likeness (QED) is 0.750. The second kappa shape index (κ2) is 4.17. The molecule has 2 rings (SSSR count). The molecule has 2 aromatic rings. The van der Waals surface area contributed by atoms with E-state index in [0.29, 0.717) is 5.41 Å². The zero-order chi connectivity index (χ0) is 11.8. The van der Waals surface area contributed by atoms with Crippen molar-refractivity contribution in [3.63, 3.8) is 0 Å². The number of aryl methyl sites for hydroxylation is 1. The van der Waals surface area contributed by atoms with Gasteiger partial charge in [0.05, 0.1) is 15.2 Å². The third-order valence-electron chi connectivity index (χ3n) is 3.75. The molecule has 0 aliphatic rings. The van der Waals surface area contributed by atoms with Crippen molar-refractivity contribution < 1.29 is 0 Å². The van der Waals surface area contributed by atoms with Crippen LogP contribution in [0, 0.1) is 6.92 Å². The number of benzene rings is 1. The van der Waals surface area contributed by atoms with Crippen LogP contribution in [0.4, 0.5) is 0 Å². The van der Waals surface area contributed by atoms with Crippen molar-refractivity contribution in [2.24, 2.45) is 0 Å². The first-order valence-electron chi connectivity index (χ1n) is 5.96. The summed E-state index contributed by atoms with van der Waals surface area (Å²) in [7, 11) is 0. The van der Waals surface area contributed by atoms with E-state index in [1.165, 1.54) is 23.1 Å². The number of hydrogen-bond acceptors (Lipinski definition) is 2. The lowest BCUT2D eigenvalue weighted by Crippen LogP contribution is -2.19. The zero-order valence-electron chi connectivity index (χ0n) is 10.5. The third-order valence-corrected chi connectivity index (χ3v) is 4.69. The molecule has 0 atom stereocenters. The van der Waals surface area contributed by atoms with Crippen LogP contribution >= 0.6 is 11.3 Å². The number of nitrogens with zero attached hydrogens (tertiary/aromatic N) is 1. The van der Waals surface area contributed by atoms with Gasteiger partial charge in [-0.2, -0.15) is 0 Å². The fourth-order valence-electron chi connectivity index (χ4n) is 2.07. The highest BCUT2D eigenvalue weighted by Gasteiger charge is 2.22. The number of aromatic nitrogens is 1. The first-order valence-corrected chi connectivity index (χ1v) is 6.78. The van der Waals surface area contributed by atoms with E-state index >= 15 is 0 Å². The summed E-state index contributed by atoms with van der Waals surface area (Å²) in [6.07, 6.45) is 2.37. The maximum absolute atomic E-state index is 4.51. The molecule has 2 heteroatoms. The molecule has 0 radical (unpaired) electrons. The van der Waals surface area contributed by atoms with E-state index in [-0.39, 0.29) is 0 Å². The van der Waals surface area contributed by atoms with Gasteiger partial charge >= 0.3 is 0 Å². The summed E-state index contributed by atoms with van der Waals surface area (Å²) in [6, 6.07) is 6.74. The first-order chi connectivity index (χ1) is 7.59. The van der Waals surface area contributed by atoms with Crippen LogP contribution in [0.3, 0.4) is 0 Å². The zero-order valence-corrected chi connectivity index (χ0v) is 11.3. The van der Waals surface area contributed by atoms with Gasteiger partial charge in [-0.25, -0.2) is 4.98 Å². The van der Waals surface area contributed by atoms with E-state index < -0.39 is 0 Å². The van der Waals surface area contributed by atoms with Gasteiger partial charge < -0.3 is 0 Å². The van der Waals surface area contributed by atoms with E-state index in [1.54, 1.807) is 11.3 Å². The van der Waals surface area contributed by atoms with Crippen molar-refractivity contribution in [2.75, 3.05) is 0 Å². The molecule has 16 heavy (non-hydrogen) atoms. The average Bonchev–Trinajstić information content (AvgIpc) is 2.67. The van der Waals surface area contributed by atoms with Crippen molar-refractivity contribution in [3.05, 3.63) is 28.8 Å². The molecule has 0 aliphatic carbocycles. The molecule has 0 saturated heterocycles. The van der Waals surface area contributed by atoms with Crippen molar-refractivity contribution in [1.82, 2.24) is 4.98 Å². The highest BCUT2D eigenvalue weighted by Crippen LogP contribution is 2.34. The highest BCUT2D eigenvalue weighted by atomic mass is 32.1. The fourth-order valence-corrected chi connectivity index (χ4v) is 2.94. The summed E-state index contributed by atoms with van der Waals surface area (Å²) in [4.78, 5) is 4.51. The number of hydrogen-bond donors (Lipinski definition) is 0. The Hall–Kier alpha value is -0.890. The lowest BCUT2D eigenvalue weighted by molar-refractivity contribution is 0.439. The summed E-state index contributed by atoms with van der Waals surface area (Å²) in [5, 5.41) is 1.15. The van der Waals surface area contributed by atoms with Crippen molar-refractivity contribution in [3.8, 4) is 0 Å². The molecule has 1 aromatic carbocycles. The van der Waals surface area contributed by atoms with Gasteiger partial charge in [0.25, 0.3) is 0 Å². The maximum Gasteiger partial charge on any atom is 0.0907 e. The molecule has 0 fully saturated rings. The normalized spacial score (nSPS) is 12.2. The van der Waals surface area contributed by atoms with Crippen LogP contribution in [0.2, 0.25) is 0 Å². The van der Waals surface area contributed by atoms with E-state index in [2.05, 4.69) is 50.9 Å². The van der Waals surface area contributed by atoms with E-state index in [4.69, 9.17) is 0 Å². The first kappa shape index (κ1) is 11.6. The molecular formula is C14H19NS. The SMILES string of the molecule is CCC(C)(CC)c1ccc2nc(C)sc2c1. The Balaban J connectivity index is 2.53. The summed E-state index contributed by atoms with van der Waals surface area (Å²) >= 11 is 1.79. The predicted octanol–water partition coefficient (Wildman–Crippen LogP) is 4.68. The Kier molecular flexibility index (Phi) is 3.02. The molecule has 86 valence electrons. The largest absolute Gasteiger partial charge is 0.242 e. The number of thiazole rings is 1. The maximum atomic E-state index is 4.51. The second-order valence-electron chi connectivity index (χ2n) is 4.68. The molecule has 0 N–H and O–H groups in total. The molecule has 1 nitrogen and oxygen atoms in total. The van der Waals surface area contributed by atoms with Crippen LogP contribution in [-0.2, 0) is 5.41 Å². The molecule has 1 heterocycles.